The van der Waals surface area contributed by atoms with Crippen LogP contribution in [0.25, 0.3) is 6.08 Å². The second kappa shape index (κ2) is 16.1. The molecular weight excluding hydrogens is 595 g/mol. The first-order valence-electron chi connectivity index (χ1n) is 15.6. The maximum absolute atomic E-state index is 14.2. The zero-order chi connectivity index (χ0) is 33.1. The van der Waals surface area contributed by atoms with E-state index in [9.17, 15) is 32.7 Å². The molecule has 0 aromatic heterocycles. The predicted molar refractivity (Wildman–Crippen MR) is 171 cm³/mol. The van der Waals surface area contributed by atoms with E-state index in [0.29, 0.717) is 5.56 Å². The van der Waals surface area contributed by atoms with Crippen molar-refractivity contribution in [2.75, 3.05) is 26.2 Å². The van der Waals surface area contributed by atoms with E-state index in [1.54, 1.807) is 4.90 Å². The van der Waals surface area contributed by atoms with Crippen molar-refractivity contribution in [3.05, 3.63) is 113 Å². The van der Waals surface area contributed by atoms with Gasteiger partial charge in [-0.3, -0.25) is 9.59 Å². The van der Waals surface area contributed by atoms with Gasteiger partial charge in [0.05, 0.1) is 5.56 Å². The number of aryl methyl sites for hydroxylation is 1. The monoisotopic (exact) mass is 635 g/mol. The van der Waals surface area contributed by atoms with Crippen LogP contribution in [0.2, 0.25) is 0 Å². The molecule has 0 bridgehead atoms. The lowest BCUT2D eigenvalue weighted by molar-refractivity contribution is -0.145. The summed E-state index contributed by atoms with van der Waals surface area (Å²) >= 11 is 0. The van der Waals surface area contributed by atoms with E-state index in [1.165, 1.54) is 39.6 Å². The zero-order valence-corrected chi connectivity index (χ0v) is 26.0. The van der Waals surface area contributed by atoms with E-state index in [-0.39, 0.29) is 45.1 Å². The van der Waals surface area contributed by atoms with Gasteiger partial charge in [0.1, 0.15) is 6.04 Å². The number of piperazine rings is 1. The second-order valence-corrected chi connectivity index (χ2v) is 11.5. The van der Waals surface area contributed by atoms with Gasteiger partial charge < -0.3 is 19.8 Å². The van der Waals surface area contributed by atoms with Crippen molar-refractivity contribution in [2.24, 2.45) is 0 Å². The quantitative estimate of drug-likeness (QED) is 0.173. The van der Waals surface area contributed by atoms with Gasteiger partial charge in [0, 0.05) is 45.2 Å². The summed E-state index contributed by atoms with van der Waals surface area (Å²) in [6.07, 6.45) is 1.74. The molecule has 1 heterocycles. The second-order valence-electron chi connectivity index (χ2n) is 11.5. The molecule has 4 rings (SSSR count). The van der Waals surface area contributed by atoms with Gasteiger partial charge in [-0.25, -0.2) is 4.79 Å². The lowest BCUT2D eigenvalue weighted by Gasteiger charge is -2.38. The Morgan fingerprint density at radius 3 is 2.02 bits per heavy atom. The van der Waals surface area contributed by atoms with Crippen LogP contribution in [0.15, 0.2) is 84.9 Å². The summed E-state index contributed by atoms with van der Waals surface area (Å²) < 4.78 is 39.2. The molecule has 3 amide bonds. The maximum Gasteiger partial charge on any atom is 0.416 e. The number of benzene rings is 3. The van der Waals surface area contributed by atoms with E-state index in [1.807, 2.05) is 54.6 Å². The molecule has 3 aromatic carbocycles. The first kappa shape index (κ1) is 34.3. The highest BCUT2D eigenvalue weighted by atomic mass is 19.4. The Labute approximate surface area is 267 Å². The molecule has 7 nitrogen and oxygen atoms in total. The van der Waals surface area contributed by atoms with Gasteiger partial charge in [-0.15, -0.1) is 0 Å². The molecule has 10 heteroatoms. The van der Waals surface area contributed by atoms with Crippen molar-refractivity contribution in [1.29, 1.82) is 0 Å². The van der Waals surface area contributed by atoms with E-state index in [4.69, 9.17) is 0 Å². The summed E-state index contributed by atoms with van der Waals surface area (Å²) in [5.41, 5.74) is 2.49. The van der Waals surface area contributed by atoms with Crippen molar-refractivity contribution in [1.82, 2.24) is 14.7 Å². The Hall–Kier alpha value is -4.60. The molecular formula is C36H40F3N3O4. The van der Waals surface area contributed by atoms with E-state index in [0.717, 1.165) is 48.9 Å². The average molecular weight is 636 g/mol. The molecule has 1 unspecified atom stereocenters. The first-order valence-corrected chi connectivity index (χ1v) is 15.6. The van der Waals surface area contributed by atoms with Crippen LogP contribution in [-0.4, -0.2) is 69.9 Å². The third-order valence-electron chi connectivity index (χ3n) is 8.18. The fourth-order valence-electron chi connectivity index (χ4n) is 5.47. The minimum atomic E-state index is -4.47. The number of carboxylic acid groups (broad SMARTS) is 1. The van der Waals surface area contributed by atoms with Crippen LogP contribution in [0, 0.1) is 0 Å². The average Bonchev–Trinajstić information content (AvgIpc) is 3.06. The first-order chi connectivity index (χ1) is 22.0. The van der Waals surface area contributed by atoms with Gasteiger partial charge in [0.25, 0.3) is 0 Å². The van der Waals surface area contributed by atoms with Gasteiger partial charge in [0.15, 0.2) is 0 Å². The van der Waals surface area contributed by atoms with Crippen LogP contribution in [0.5, 0.6) is 0 Å². The number of amides is 3. The smallest absolute Gasteiger partial charge is 0.416 e. The molecule has 46 heavy (non-hydrogen) atoms. The number of hydrogen-bond acceptors (Lipinski definition) is 3. The topological polar surface area (TPSA) is 81.2 Å². The third-order valence-corrected chi connectivity index (χ3v) is 8.18. The number of carbonyl (C=O) groups is 3. The summed E-state index contributed by atoms with van der Waals surface area (Å²) in [6, 6.07) is 20.9. The SMILES string of the molecule is CCCCCc1ccc(CN(C(=O)C=Cc2ccc(C(F)(F)F)cc2)C(Cc2ccccc2)C(=O)N2CCN(C(=O)O)CC2)cc1. The standard InChI is InChI=1S/C36H40F3N3O4/c1-2-3-5-8-27-11-13-30(14-12-27)26-42(33(43)20-17-28-15-18-31(19-16-28)36(37,38)39)32(25-29-9-6-4-7-10-29)34(44)40-21-23-41(24-22-40)35(45)46/h4,6-7,9-20,32H,2-3,5,8,21-26H2,1H3,(H,45,46). The maximum atomic E-state index is 14.2. The molecule has 3 aromatic rings. The largest absolute Gasteiger partial charge is 0.465 e. The highest BCUT2D eigenvalue weighted by molar-refractivity contribution is 5.95. The summed E-state index contributed by atoms with van der Waals surface area (Å²) in [5.74, 6) is -0.758. The van der Waals surface area contributed by atoms with Crippen LogP contribution in [0.1, 0.15) is 54.0 Å². The minimum absolute atomic E-state index is 0.129. The number of alkyl halides is 3. The molecule has 1 fully saturated rings. The Morgan fingerprint density at radius 2 is 1.43 bits per heavy atom. The van der Waals surface area contributed by atoms with E-state index < -0.39 is 29.8 Å². The Bertz CT molecular complexity index is 1470. The highest BCUT2D eigenvalue weighted by Gasteiger charge is 2.35. The van der Waals surface area contributed by atoms with Crippen molar-refractivity contribution >= 4 is 24.0 Å². The normalized spacial score (nSPS) is 14.3. The van der Waals surface area contributed by atoms with Crippen LogP contribution >= 0.6 is 0 Å². The summed E-state index contributed by atoms with van der Waals surface area (Å²) in [4.78, 5) is 43.9. The van der Waals surface area contributed by atoms with Gasteiger partial charge in [0.2, 0.25) is 11.8 Å². The highest BCUT2D eigenvalue weighted by Crippen LogP contribution is 2.29. The summed E-state index contributed by atoms with van der Waals surface area (Å²) in [6.45, 7) is 3.02. The molecule has 1 aliphatic rings. The van der Waals surface area contributed by atoms with Crippen LogP contribution in [0.3, 0.4) is 0 Å². The Balaban J connectivity index is 1.65. The fraction of sp³-hybridized carbons (Fsp3) is 0.361. The molecule has 244 valence electrons. The minimum Gasteiger partial charge on any atom is -0.465 e. The predicted octanol–water partition coefficient (Wildman–Crippen LogP) is 6.91. The van der Waals surface area contributed by atoms with Crippen molar-refractivity contribution in [3.8, 4) is 0 Å². The third kappa shape index (κ3) is 9.70. The van der Waals surface area contributed by atoms with Gasteiger partial charge in [-0.2, -0.15) is 13.2 Å². The van der Waals surface area contributed by atoms with Crippen molar-refractivity contribution < 1.29 is 32.7 Å². The number of hydrogen-bond donors (Lipinski definition) is 1. The van der Waals surface area contributed by atoms with E-state index in [2.05, 4.69) is 6.92 Å². The molecule has 0 aliphatic carbocycles. The molecule has 0 radical (unpaired) electrons. The van der Waals surface area contributed by atoms with Crippen molar-refractivity contribution in [2.45, 2.75) is 57.8 Å². The zero-order valence-electron chi connectivity index (χ0n) is 26.0. The van der Waals surface area contributed by atoms with Gasteiger partial charge >= 0.3 is 12.3 Å². The summed E-state index contributed by atoms with van der Waals surface area (Å²) in [7, 11) is 0. The number of unbranched alkanes of at least 4 members (excludes halogenated alkanes) is 2. The molecule has 1 N–H and O–H groups in total. The number of halogens is 3. The van der Waals surface area contributed by atoms with Crippen LogP contribution < -0.4 is 0 Å². The molecule has 1 atom stereocenters. The van der Waals surface area contributed by atoms with Crippen LogP contribution in [0.4, 0.5) is 18.0 Å². The Morgan fingerprint density at radius 1 is 0.826 bits per heavy atom. The van der Waals surface area contributed by atoms with Gasteiger partial charge in [-0.05, 0) is 53.3 Å². The van der Waals surface area contributed by atoms with Gasteiger partial charge in [-0.1, -0.05) is 86.5 Å². The molecule has 1 aliphatic heterocycles. The lowest BCUT2D eigenvalue weighted by Crippen LogP contribution is -2.57. The number of rotatable bonds is 12. The molecule has 1 saturated heterocycles. The number of nitrogens with zero attached hydrogens (tertiary/aromatic N) is 3. The molecule has 0 spiro atoms. The van der Waals surface area contributed by atoms with E-state index >= 15 is 0 Å². The molecule has 0 saturated carbocycles. The van der Waals surface area contributed by atoms with Crippen molar-refractivity contribution in [3.63, 3.8) is 0 Å². The van der Waals surface area contributed by atoms with Crippen LogP contribution in [-0.2, 0) is 35.2 Å². The Kier molecular flexibility index (Phi) is 12.0. The fourth-order valence-corrected chi connectivity index (χ4v) is 5.47. The summed E-state index contributed by atoms with van der Waals surface area (Å²) in [5, 5.41) is 9.39. The number of carbonyl (C=O) groups excluding carboxylic acids is 2. The lowest BCUT2D eigenvalue weighted by atomic mass is 10.0.